The number of carboxylic acids is 1. The predicted molar refractivity (Wildman–Crippen MR) is 62.1 cm³/mol. The minimum absolute atomic E-state index is 0.0408. The van der Waals surface area contributed by atoms with Crippen LogP contribution in [0, 0.1) is 6.92 Å². The average Bonchev–Trinajstić information content (AvgIpc) is 2.24. The number of rotatable bonds is 5. The molecule has 0 aromatic heterocycles. The number of benzene rings is 1. The fourth-order valence-corrected chi connectivity index (χ4v) is 1.60. The van der Waals surface area contributed by atoms with E-state index in [4.69, 9.17) is 9.84 Å². The first-order chi connectivity index (χ1) is 8.29. The Bertz CT molecular complexity index is 432. The highest BCUT2D eigenvalue weighted by atomic mass is 32.2. The zero-order chi connectivity index (χ0) is 13.8. The Morgan fingerprint density at radius 3 is 2.67 bits per heavy atom. The van der Waals surface area contributed by atoms with Gasteiger partial charge in [-0.1, -0.05) is 6.07 Å². The molecule has 100 valence electrons. The molecule has 0 radical (unpaired) electrons. The summed E-state index contributed by atoms with van der Waals surface area (Å²) >= 11 is -0.172. The zero-order valence-electron chi connectivity index (χ0n) is 9.45. The zero-order valence-corrected chi connectivity index (χ0v) is 10.3. The van der Waals surface area contributed by atoms with Crippen LogP contribution in [0.5, 0.6) is 5.75 Å². The summed E-state index contributed by atoms with van der Waals surface area (Å²) in [4.78, 5) is 10.7. The molecule has 0 saturated carbocycles. The van der Waals surface area contributed by atoms with Gasteiger partial charge in [-0.25, -0.2) is 4.79 Å². The smallest absolute Gasteiger partial charge is 0.441 e. The molecule has 1 rings (SSSR count). The summed E-state index contributed by atoms with van der Waals surface area (Å²) in [7, 11) is 0. The second-order valence-electron chi connectivity index (χ2n) is 3.43. The van der Waals surface area contributed by atoms with E-state index in [2.05, 4.69) is 0 Å². The molecule has 18 heavy (non-hydrogen) atoms. The molecule has 0 aliphatic heterocycles. The molecular formula is C11H11F3O3S. The summed E-state index contributed by atoms with van der Waals surface area (Å²) in [5.74, 6) is -1.05. The Morgan fingerprint density at radius 2 is 2.11 bits per heavy atom. The molecule has 0 bridgehead atoms. The first-order valence-corrected chi connectivity index (χ1v) is 5.95. The van der Waals surface area contributed by atoms with Crippen molar-refractivity contribution in [2.75, 3.05) is 12.4 Å². The molecule has 0 aliphatic carbocycles. The van der Waals surface area contributed by atoms with Crippen LogP contribution in [0.15, 0.2) is 18.2 Å². The van der Waals surface area contributed by atoms with Crippen molar-refractivity contribution in [3.05, 3.63) is 29.3 Å². The van der Waals surface area contributed by atoms with Crippen molar-refractivity contribution in [2.45, 2.75) is 12.4 Å². The first-order valence-electron chi connectivity index (χ1n) is 4.97. The van der Waals surface area contributed by atoms with E-state index < -0.39 is 11.5 Å². The molecule has 1 aromatic carbocycles. The number of thioether (sulfide) groups is 1. The molecule has 0 heterocycles. The number of ether oxygens (including phenoxy) is 1. The van der Waals surface area contributed by atoms with Gasteiger partial charge in [-0.05, 0) is 36.4 Å². The van der Waals surface area contributed by atoms with Crippen molar-refractivity contribution in [1.29, 1.82) is 0 Å². The highest BCUT2D eigenvalue weighted by molar-refractivity contribution is 8.00. The van der Waals surface area contributed by atoms with Crippen LogP contribution < -0.4 is 4.74 Å². The molecular weight excluding hydrogens is 269 g/mol. The highest BCUT2D eigenvalue weighted by Gasteiger charge is 2.27. The van der Waals surface area contributed by atoms with Gasteiger partial charge in [0.15, 0.2) is 0 Å². The molecule has 0 atom stereocenters. The second kappa shape index (κ2) is 5.99. The van der Waals surface area contributed by atoms with Gasteiger partial charge in [-0.3, -0.25) is 0 Å². The number of alkyl halides is 3. The number of carboxylic acid groups (broad SMARTS) is 1. The maximum absolute atomic E-state index is 11.9. The van der Waals surface area contributed by atoms with Gasteiger partial charge in [0.25, 0.3) is 0 Å². The number of hydrogen-bond donors (Lipinski definition) is 1. The average molecular weight is 280 g/mol. The number of aromatic carboxylic acids is 1. The summed E-state index contributed by atoms with van der Waals surface area (Å²) in [6.07, 6.45) is 0. The van der Waals surface area contributed by atoms with Gasteiger partial charge < -0.3 is 9.84 Å². The van der Waals surface area contributed by atoms with Gasteiger partial charge in [-0.15, -0.1) is 0 Å². The normalized spacial score (nSPS) is 11.3. The Morgan fingerprint density at radius 1 is 1.44 bits per heavy atom. The van der Waals surface area contributed by atoms with Crippen LogP contribution in [0.25, 0.3) is 0 Å². The van der Waals surface area contributed by atoms with E-state index in [-0.39, 0.29) is 35.4 Å². The SMILES string of the molecule is Cc1ccc(C(=O)O)cc1OCCSC(F)(F)F. The third-order valence-corrected chi connectivity index (χ3v) is 2.74. The minimum Gasteiger partial charge on any atom is -0.492 e. The molecule has 1 aromatic rings. The topological polar surface area (TPSA) is 46.5 Å². The third kappa shape index (κ3) is 4.87. The molecule has 7 heteroatoms. The first kappa shape index (κ1) is 14.7. The Kier molecular flexibility index (Phi) is 4.89. The van der Waals surface area contributed by atoms with Crippen LogP contribution >= 0.6 is 11.8 Å². The fourth-order valence-electron chi connectivity index (χ4n) is 1.20. The highest BCUT2D eigenvalue weighted by Crippen LogP contribution is 2.30. The lowest BCUT2D eigenvalue weighted by molar-refractivity contribution is -0.0329. The monoisotopic (exact) mass is 280 g/mol. The molecule has 1 N–H and O–H groups in total. The number of hydrogen-bond acceptors (Lipinski definition) is 3. The van der Waals surface area contributed by atoms with Crippen LogP contribution in [-0.4, -0.2) is 28.9 Å². The Labute approximate surface area is 106 Å². The lowest BCUT2D eigenvalue weighted by atomic mass is 10.1. The lowest BCUT2D eigenvalue weighted by Gasteiger charge is -2.10. The number of aryl methyl sites for hydroxylation is 1. The molecule has 0 unspecified atom stereocenters. The van der Waals surface area contributed by atoms with Crippen molar-refractivity contribution in [2.24, 2.45) is 0 Å². The summed E-state index contributed by atoms with van der Waals surface area (Å²) in [6.45, 7) is 1.56. The van der Waals surface area contributed by atoms with E-state index >= 15 is 0 Å². The standard InChI is InChI=1S/C11H11F3O3S/c1-7-2-3-8(10(15)16)6-9(7)17-4-5-18-11(12,13)14/h2-3,6H,4-5H2,1H3,(H,15,16). The summed E-state index contributed by atoms with van der Waals surface area (Å²) in [5, 5.41) is 8.77. The van der Waals surface area contributed by atoms with Crippen molar-refractivity contribution in [3.63, 3.8) is 0 Å². The summed E-state index contributed by atoms with van der Waals surface area (Å²) in [6, 6.07) is 4.26. The van der Waals surface area contributed by atoms with E-state index in [0.717, 1.165) is 0 Å². The molecule has 0 spiro atoms. The van der Waals surface area contributed by atoms with E-state index in [1.165, 1.54) is 12.1 Å². The van der Waals surface area contributed by atoms with E-state index in [9.17, 15) is 18.0 Å². The number of carbonyl (C=O) groups is 1. The Balaban J connectivity index is 2.56. The largest absolute Gasteiger partial charge is 0.492 e. The van der Waals surface area contributed by atoms with Crippen molar-refractivity contribution < 1.29 is 27.8 Å². The van der Waals surface area contributed by atoms with Gasteiger partial charge in [0.2, 0.25) is 0 Å². The van der Waals surface area contributed by atoms with E-state index in [0.29, 0.717) is 5.56 Å². The fraction of sp³-hybridized carbons (Fsp3) is 0.364. The predicted octanol–water partition coefficient (Wildman–Crippen LogP) is 3.33. The molecule has 0 fully saturated rings. The minimum atomic E-state index is -4.28. The molecule has 3 nitrogen and oxygen atoms in total. The van der Waals surface area contributed by atoms with Crippen LogP contribution in [0.1, 0.15) is 15.9 Å². The van der Waals surface area contributed by atoms with Crippen LogP contribution in [0.2, 0.25) is 0 Å². The molecule has 0 amide bonds. The second-order valence-corrected chi connectivity index (χ2v) is 4.59. The van der Waals surface area contributed by atoms with E-state index in [1.54, 1.807) is 13.0 Å². The maximum atomic E-state index is 11.9. The molecule has 0 saturated heterocycles. The van der Waals surface area contributed by atoms with Crippen molar-refractivity contribution >= 4 is 17.7 Å². The summed E-state index contributed by atoms with van der Waals surface area (Å²) in [5.41, 5.74) is -3.56. The number of halogens is 3. The maximum Gasteiger partial charge on any atom is 0.441 e. The Hall–Kier alpha value is -1.37. The van der Waals surface area contributed by atoms with Crippen molar-refractivity contribution in [1.82, 2.24) is 0 Å². The van der Waals surface area contributed by atoms with Gasteiger partial charge >= 0.3 is 11.5 Å². The van der Waals surface area contributed by atoms with Crippen LogP contribution in [-0.2, 0) is 0 Å². The van der Waals surface area contributed by atoms with Gasteiger partial charge in [-0.2, -0.15) is 13.2 Å². The van der Waals surface area contributed by atoms with Gasteiger partial charge in [0, 0.05) is 5.75 Å². The quantitative estimate of drug-likeness (QED) is 0.840. The lowest BCUT2D eigenvalue weighted by Crippen LogP contribution is -2.08. The van der Waals surface area contributed by atoms with Gasteiger partial charge in [0.1, 0.15) is 5.75 Å². The summed E-state index contributed by atoms with van der Waals surface area (Å²) < 4.78 is 40.7. The van der Waals surface area contributed by atoms with Gasteiger partial charge in [0.05, 0.1) is 12.2 Å². The van der Waals surface area contributed by atoms with Crippen molar-refractivity contribution in [3.8, 4) is 5.75 Å². The van der Waals surface area contributed by atoms with Crippen LogP contribution in [0.4, 0.5) is 13.2 Å². The third-order valence-electron chi connectivity index (χ3n) is 2.04. The van der Waals surface area contributed by atoms with E-state index in [1.807, 2.05) is 0 Å². The molecule has 0 aliphatic rings. The van der Waals surface area contributed by atoms with Crippen LogP contribution in [0.3, 0.4) is 0 Å².